The Kier molecular flexibility index (Phi) is 10.7. The summed E-state index contributed by atoms with van der Waals surface area (Å²) in [6.45, 7) is 6.84. The van der Waals surface area contributed by atoms with Gasteiger partial charge in [-0.25, -0.2) is 0 Å². The van der Waals surface area contributed by atoms with E-state index in [1.165, 1.54) is 32.1 Å². The Morgan fingerprint density at radius 1 is 0.519 bits per heavy atom. The first-order valence-electron chi connectivity index (χ1n) is 10.1. The van der Waals surface area contributed by atoms with Gasteiger partial charge in [-0.1, -0.05) is 40.0 Å². The van der Waals surface area contributed by atoms with Crippen LogP contribution in [0.1, 0.15) is 52.9 Å². The molecule has 0 aromatic rings. The summed E-state index contributed by atoms with van der Waals surface area (Å²) in [5.41, 5.74) is 0.963. The van der Waals surface area contributed by atoms with Gasteiger partial charge in [-0.05, 0) is 30.6 Å². The summed E-state index contributed by atoms with van der Waals surface area (Å²) >= 11 is 0. The van der Waals surface area contributed by atoms with Gasteiger partial charge in [0.1, 0.15) is 0 Å². The van der Waals surface area contributed by atoms with Crippen molar-refractivity contribution in [2.75, 3.05) is 42.7 Å². The maximum atomic E-state index is 5.53. The summed E-state index contributed by atoms with van der Waals surface area (Å²) in [6.07, 6.45) is 6.16. The van der Waals surface area contributed by atoms with Gasteiger partial charge < -0.3 is 26.6 Å². The normalized spacial score (nSPS) is 31.7. The van der Waals surface area contributed by atoms with E-state index in [9.17, 15) is 0 Å². The topological polar surface area (TPSA) is 55.4 Å². The fraction of sp³-hybridized carbons (Fsp3) is 1.00. The lowest BCUT2D eigenvalue weighted by molar-refractivity contribution is 0.104. The van der Waals surface area contributed by atoms with Crippen molar-refractivity contribution in [3.63, 3.8) is 0 Å². The largest absolute Gasteiger partial charge is 0.503 e. The van der Waals surface area contributed by atoms with E-state index in [0.717, 1.165) is 5.92 Å². The standard InChI is InChI=1S/C10H22O3Si.C9H20O3Si/c1-8-6-7-10(9(8)2)14(11-3,12-4)13-5;1-8-6-5-7-9(8)13(10-2,11-3)12-4/h8-10H,6-7H2,1-5H3;8-9H,5-7H2,1-4H3. The van der Waals surface area contributed by atoms with E-state index < -0.39 is 17.6 Å². The van der Waals surface area contributed by atoms with Crippen molar-refractivity contribution >= 4 is 17.6 Å². The Labute approximate surface area is 168 Å². The van der Waals surface area contributed by atoms with Crippen molar-refractivity contribution in [2.24, 2.45) is 17.8 Å². The highest BCUT2D eigenvalue weighted by atomic mass is 28.4. The molecular weight excluding hydrogens is 380 g/mol. The van der Waals surface area contributed by atoms with Crippen LogP contribution in [0.4, 0.5) is 0 Å². The van der Waals surface area contributed by atoms with Crippen molar-refractivity contribution in [3.8, 4) is 0 Å². The van der Waals surface area contributed by atoms with Crippen LogP contribution in [-0.2, 0) is 26.6 Å². The Morgan fingerprint density at radius 3 is 1.26 bits per heavy atom. The molecule has 0 saturated heterocycles. The lowest BCUT2D eigenvalue weighted by Gasteiger charge is -2.33. The van der Waals surface area contributed by atoms with E-state index in [2.05, 4.69) is 20.8 Å². The zero-order valence-corrected chi connectivity index (χ0v) is 20.9. The van der Waals surface area contributed by atoms with Crippen LogP contribution >= 0.6 is 0 Å². The first-order chi connectivity index (χ1) is 12.8. The molecule has 0 bridgehead atoms. The molecule has 2 aliphatic rings. The molecule has 5 unspecified atom stereocenters. The second kappa shape index (κ2) is 11.4. The van der Waals surface area contributed by atoms with Gasteiger partial charge >= 0.3 is 17.6 Å². The summed E-state index contributed by atoms with van der Waals surface area (Å²) in [6, 6.07) is 0. The van der Waals surface area contributed by atoms with Crippen molar-refractivity contribution in [2.45, 2.75) is 64.0 Å². The molecule has 162 valence electrons. The number of hydrogen-bond acceptors (Lipinski definition) is 6. The van der Waals surface area contributed by atoms with Crippen molar-refractivity contribution in [3.05, 3.63) is 0 Å². The van der Waals surface area contributed by atoms with Crippen molar-refractivity contribution in [1.29, 1.82) is 0 Å². The van der Waals surface area contributed by atoms with E-state index in [1.54, 1.807) is 42.7 Å². The van der Waals surface area contributed by atoms with Gasteiger partial charge in [-0.2, -0.15) is 0 Å². The highest BCUT2D eigenvalue weighted by Gasteiger charge is 2.53. The predicted octanol–water partition coefficient (Wildman–Crippen LogP) is 4.36. The smallest absolute Gasteiger partial charge is 0.377 e. The third-order valence-electron chi connectivity index (χ3n) is 6.94. The van der Waals surface area contributed by atoms with Crippen LogP contribution in [0.3, 0.4) is 0 Å². The quantitative estimate of drug-likeness (QED) is 0.542. The SMILES string of the molecule is CO[Si](OC)(OC)C1CCC(C)C1C.CO[Si](OC)(OC)C1CCCC1C. The first kappa shape index (κ1) is 25.2. The lowest BCUT2D eigenvalue weighted by Crippen LogP contribution is -2.48. The molecule has 0 aliphatic heterocycles. The third-order valence-corrected chi connectivity index (χ3v) is 13.8. The van der Waals surface area contributed by atoms with Gasteiger partial charge in [0.2, 0.25) is 0 Å². The molecular formula is C19H42O6Si2. The molecule has 0 radical (unpaired) electrons. The van der Waals surface area contributed by atoms with E-state index in [1.807, 2.05) is 0 Å². The highest BCUT2D eigenvalue weighted by Crippen LogP contribution is 2.47. The van der Waals surface area contributed by atoms with Gasteiger partial charge in [0.25, 0.3) is 0 Å². The average molecular weight is 423 g/mol. The average Bonchev–Trinajstić information content (AvgIpc) is 3.27. The summed E-state index contributed by atoms with van der Waals surface area (Å²) < 4.78 is 33.1. The fourth-order valence-electron chi connectivity index (χ4n) is 4.94. The molecule has 2 aliphatic carbocycles. The maximum absolute atomic E-state index is 5.53. The van der Waals surface area contributed by atoms with Crippen LogP contribution in [0.25, 0.3) is 0 Å². The van der Waals surface area contributed by atoms with Gasteiger partial charge in [0.15, 0.2) is 0 Å². The van der Waals surface area contributed by atoms with Gasteiger partial charge in [-0.3, -0.25) is 0 Å². The molecule has 2 saturated carbocycles. The van der Waals surface area contributed by atoms with Crippen LogP contribution in [0, 0.1) is 17.8 Å². The summed E-state index contributed by atoms with van der Waals surface area (Å²) in [4.78, 5) is 0. The molecule has 6 nitrogen and oxygen atoms in total. The van der Waals surface area contributed by atoms with Crippen LogP contribution in [0.15, 0.2) is 0 Å². The molecule has 0 N–H and O–H groups in total. The van der Waals surface area contributed by atoms with Crippen molar-refractivity contribution in [1.82, 2.24) is 0 Å². The molecule has 2 fully saturated rings. The van der Waals surface area contributed by atoms with E-state index >= 15 is 0 Å². The van der Waals surface area contributed by atoms with Crippen molar-refractivity contribution < 1.29 is 26.6 Å². The minimum absolute atomic E-state index is 0.470. The zero-order valence-electron chi connectivity index (χ0n) is 18.9. The van der Waals surface area contributed by atoms with Crippen LogP contribution in [0.2, 0.25) is 11.1 Å². The summed E-state index contributed by atoms with van der Waals surface area (Å²) in [5, 5.41) is 0. The zero-order chi connectivity index (χ0) is 20.7. The Balaban J connectivity index is 0.000000271. The molecule has 0 heterocycles. The molecule has 0 aromatic carbocycles. The molecule has 8 heteroatoms. The highest BCUT2D eigenvalue weighted by molar-refractivity contribution is 6.62. The Morgan fingerprint density at radius 2 is 0.963 bits per heavy atom. The second-order valence-corrected chi connectivity index (χ2v) is 14.3. The minimum atomic E-state index is -2.39. The van der Waals surface area contributed by atoms with Crippen LogP contribution < -0.4 is 0 Å². The number of rotatable bonds is 8. The molecule has 0 amide bonds. The Bertz CT molecular complexity index is 400. The second-order valence-electron chi connectivity index (χ2n) is 7.97. The maximum Gasteiger partial charge on any atom is 0.503 e. The molecule has 27 heavy (non-hydrogen) atoms. The first-order valence-corrected chi connectivity index (χ1v) is 13.7. The van der Waals surface area contributed by atoms with Crippen LogP contribution in [-0.4, -0.2) is 60.3 Å². The van der Waals surface area contributed by atoms with E-state index in [4.69, 9.17) is 26.6 Å². The lowest BCUT2D eigenvalue weighted by atomic mass is 10.0. The van der Waals surface area contributed by atoms with Gasteiger partial charge in [0, 0.05) is 53.7 Å². The molecule has 5 atom stereocenters. The van der Waals surface area contributed by atoms with Gasteiger partial charge in [0.05, 0.1) is 0 Å². The van der Waals surface area contributed by atoms with Gasteiger partial charge in [-0.15, -0.1) is 0 Å². The summed E-state index contributed by atoms with van der Waals surface area (Å²) in [7, 11) is 5.47. The van der Waals surface area contributed by atoms with E-state index in [-0.39, 0.29) is 0 Å². The predicted molar refractivity (Wildman–Crippen MR) is 112 cm³/mol. The van der Waals surface area contributed by atoms with Crippen LogP contribution in [0.5, 0.6) is 0 Å². The summed E-state index contributed by atoms with van der Waals surface area (Å²) in [5.74, 6) is 2.07. The minimum Gasteiger partial charge on any atom is -0.377 e. The third kappa shape index (κ3) is 5.42. The monoisotopic (exact) mass is 422 g/mol. The molecule has 0 aromatic heterocycles. The molecule has 2 rings (SSSR count). The molecule has 0 spiro atoms. The van der Waals surface area contributed by atoms with E-state index in [0.29, 0.717) is 22.9 Å². The fourth-order valence-corrected chi connectivity index (χ4v) is 10.7. The Hall–Kier alpha value is 0.194. The number of hydrogen-bond donors (Lipinski definition) is 0.